The van der Waals surface area contributed by atoms with Crippen LogP contribution in [0.25, 0.3) is 0 Å². The lowest BCUT2D eigenvalue weighted by atomic mass is 10.1. The van der Waals surface area contributed by atoms with E-state index in [-0.39, 0.29) is 36.0 Å². The number of ether oxygens (including phenoxy) is 1. The van der Waals surface area contributed by atoms with Crippen LogP contribution in [-0.2, 0) is 16.6 Å². The number of aryl methyl sites for hydroxylation is 1. The maximum atomic E-state index is 12.8. The van der Waals surface area contributed by atoms with Crippen LogP contribution >= 0.6 is 0 Å². The first-order valence-electron chi connectivity index (χ1n) is 9.97. The number of anilines is 2. The molecule has 3 rings (SSSR count). The lowest BCUT2D eigenvalue weighted by Crippen LogP contribution is -2.32. The van der Waals surface area contributed by atoms with Crippen molar-refractivity contribution in [2.45, 2.75) is 13.3 Å². The maximum absolute atomic E-state index is 12.8. The highest BCUT2D eigenvalue weighted by atomic mass is 16.5. The Morgan fingerprint density at radius 2 is 1.87 bits per heavy atom. The van der Waals surface area contributed by atoms with Gasteiger partial charge >= 0.3 is 0 Å². The Kier molecular flexibility index (Phi) is 6.43. The van der Waals surface area contributed by atoms with Crippen molar-refractivity contribution in [3.8, 4) is 5.75 Å². The molecule has 1 atom stereocenters. The summed E-state index contributed by atoms with van der Waals surface area (Å²) in [5.74, 6) is -0.807. The highest BCUT2D eigenvalue weighted by Gasteiger charge is 2.35. The Hall–Kier alpha value is -3.62. The number of rotatable bonds is 6. The van der Waals surface area contributed by atoms with Crippen molar-refractivity contribution >= 4 is 29.1 Å². The average Bonchev–Trinajstić information content (AvgIpc) is 3.13. The molecule has 2 aromatic rings. The van der Waals surface area contributed by atoms with Gasteiger partial charge in [0.25, 0.3) is 11.5 Å². The first-order chi connectivity index (χ1) is 14.7. The molecule has 1 unspecified atom stereocenters. The van der Waals surface area contributed by atoms with Crippen LogP contribution in [-0.4, -0.2) is 54.4 Å². The number of benzene rings is 1. The topological polar surface area (TPSA) is 101 Å². The standard InChI is InChI=1S/C22H26N4O5/c1-5-31-17-8-6-16(7-9-17)26-13-14(11-19(26)27)20(28)23-18-10-15(21(29)24(2)3)12-25(4)22(18)30/h6-10,12,14H,5,11,13H2,1-4H3,(H,23,28). The smallest absolute Gasteiger partial charge is 0.274 e. The van der Waals surface area contributed by atoms with Crippen LogP contribution in [0.4, 0.5) is 11.4 Å². The van der Waals surface area contributed by atoms with Gasteiger partial charge in [0, 0.05) is 46.0 Å². The number of hydrogen-bond donors (Lipinski definition) is 1. The summed E-state index contributed by atoms with van der Waals surface area (Å²) in [6.45, 7) is 2.64. The van der Waals surface area contributed by atoms with Gasteiger partial charge in [0.05, 0.1) is 18.1 Å². The highest BCUT2D eigenvalue weighted by molar-refractivity contribution is 6.04. The van der Waals surface area contributed by atoms with Gasteiger partial charge in [-0.25, -0.2) is 0 Å². The molecule has 1 aromatic carbocycles. The fourth-order valence-electron chi connectivity index (χ4n) is 3.43. The summed E-state index contributed by atoms with van der Waals surface area (Å²) in [5, 5.41) is 2.60. The van der Waals surface area contributed by atoms with Crippen molar-refractivity contribution in [1.82, 2.24) is 9.47 Å². The summed E-state index contributed by atoms with van der Waals surface area (Å²) in [6.07, 6.45) is 1.46. The van der Waals surface area contributed by atoms with Gasteiger partial charge in [-0.05, 0) is 37.3 Å². The third-order valence-corrected chi connectivity index (χ3v) is 5.05. The number of carbonyl (C=O) groups excluding carboxylic acids is 3. The molecule has 9 heteroatoms. The summed E-state index contributed by atoms with van der Waals surface area (Å²) in [6, 6.07) is 8.46. The molecule has 0 radical (unpaired) electrons. The Labute approximate surface area is 180 Å². The molecule has 0 saturated carbocycles. The molecule has 3 amide bonds. The van der Waals surface area contributed by atoms with Gasteiger partial charge in [-0.1, -0.05) is 0 Å². The molecule has 1 aromatic heterocycles. The minimum absolute atomic E-state index is 0.00664. The number of nitrogens with one attached hydrogen (secondary N) is 1. The van der Waals surface area contributed by atoms with E-state index >= 15 is 0 Å². The van der Waals surface area contributed by atoms with Crippen LogP contribution in [0.5, 0.6) is 5.75 Å². The van der Waals surface area contributed by atoms with Crippen LogP contribution in [0.3, 0.4) is 0 Å². The summed E-state index contributed by atoms with van der Waals surface area (Å²) in [7, 11) is 4.72. The molecule has 164 valence electrons. The van der Waals surface area contributed by atoms with Crippen LogP contribution in [0.1, 0.15) is 23.7 Å². The number of pyridine rings is 1. The zero-order chi connectivity index (χ0) is 22.7. The van der Waals surface area contributed by atoms with Gasteiger partial charge in [-0.2, -0.15) is 0 Å². The van der Waals surface area contributed by atoms with Crippen molar-refractivity contribution < 1.29 is 19.1 Å². The number of carbonyl (C=O) groups is 3. The van der Waals surface area contributed by atoms with E-state index in [1.165, 1.54) is 28.8 Å². The predicted octanol–water partition coefficient (Wildman–Crippen LogP) is 1.48. The fraction of sp³-hybridized carbons (Fsp3) is 0.364. The number of hydrogen-bond acceptors (Lipinski definition) is 5. The van der Waals surface area contributed by atoms with Gasteiger partial charge in [-0.3, -0.25) is 19.2 Å². The predicted molar refractivity (Wildman–Crippen MR) is 116 cm³/mol. The molecule has 1 aliphatic rings. The maximum Gasteiger partial charge on any atom is 0.274 e. The molecule has 31 heavy (non-hydrogen) atoms. The normalized spacial score (nSPS) is 15.7. The molecule has 0 aliphatic carbocycles. The molecule has 2 heterocycles. The van der Waals surface area contributed by atoms with Gasteiger partial charge in [-0.15, -0.1) is 0 Å². The van der Waals surface area contributed by atoms with Gasteiger partial charge in [0.1, 0.15) is 11.4 Å². The average molecular weight is 426 g/mol. The first kappa shape index (κ1) is 22.1. The minimum atomic E-state index is -0.614. The molecule has 0 spiro atoms. The lowest BCUT2D eigenvalue weighted by molar-refractivity contribution is -0.122. The largest absolute Gasteiger partial charge is 0.494 e. The van der Waals surface area contributed by atoms with E-state index in [0.29, 0.717) is 18.0 Å². The number of aromatic nitrogens is 1. The number of amides is 3. The molecule has 0 bridgehead atoms. The molecule has 1 N–H and O–H groups in total. The lowest BCUT2D eigenvalue weighted by Gasteiger charge is -2.17. The van der Waals surface area contributed by atoms with Gasteiger partial charge in [0.2, 0.25) is 11.8 Å². The van der Waals surface area contributed by atoms with E-state index in [4.69, 9.17) is 4.74 Å². The van der Waals surface area contributed by atoms with Gasteiger partial charge in [0.15, 0.2) is 0 Å². The quantitative estimate of drug-likeness (QED) is 0.754. The van der Waals surface area contributed by atoms with E-state index in [1.807, 2.05) is 6.92 Å². The SMILES string of the molecule is CCOc1ccc(N2CC(C(=O)Nc3cc(C(=O)N(C)C)cn(C)c3=O)CC2=O)cc1. The molecular formula is C22H26N4O5. The second-order valence-electron chi connectivity index (χ2n) is 7.58. The van der Waals surface area contributed by atoms with E-state index in [2.05, 4.69) is 5.32 Å². The molecule has 9 nitrogen and oxygen atoms in total. The second kappa shape index (κ2) is 9.03. The molecule has 1 saturated heterocycles. The van der Waals surface area contributed by atoms with E-state index in [9.17, 15) is 19.2 Å². The van der Waals surface area contributed by atoms with E-state index in [1.54, 1.807) is 43.3 Å². The summed E-state index contributed by atoms with van der Waals surface area (Å²) < 4.78 is 6.66. The summed E-state index contributed by atoms with van der Waals surface area (Å²) >= 11 is 0. The fourth-order valence-corrected chi connectivity index (χ4v) is 3.43. The first-order valence-corrected chi connectivity index (χ1v) is 9.97. The highest BCUT2D eigenvalue weighted by Crippen LogP contribution is 2.27. The van der Waals surface area contributed by atoms with Crippen LogP contribution in [0, 0.1) is 5.92 Å². The van der Waals surface area contributed by atoms with Gasteiger partial charge < -0.3 is 24.4 Å². The van der Waals surface area contributed by atoms with Crippen molar-refractivity contribution in [3.63, 3.8) is 0 Å². The second-order valence-corrected chi connectivity index (χ2v) is 7.58. The minimum Gasteiger partial charge on any atom is -0.494 e. The summed E-state index contributed by atoms with van der Waals surface area (Å²) in [4.78, 5) is 52.9. The molecular weight excluding hydrogens is 400 g/mol. The third kappa shape index (κ3) is 4.76. The Morgan fingerprint density at radius 1 is 1.19 bits per heavy atom. The van der Waals surface area contributed by atoms with Crippen molar-refractivity contribution in [2.75, 3.05) is 37.5 Å². The van der Waals surface area contributed by atoms with Crippen LogP contribution in [0.2, 0.25) is 0 Å². The van der Waals surface area contributed by atoms with Crippen molar-refractivity contribution in [3.05, 3.63) is 52.4 Å². The Balaban J connectivity index is 1.75. The molecule has 1 aliphatic heterocycles. The zero-order valence-electron chi connectivity index (χ0n) is 18.0. The Bertz CT molecular complexity index is 1060. The Morgan fingerprint density at radius 3 is 2.48 bits per heavy atom. The summed E-state index contributed by atoms with van der Waals surface area (Å²) in [5.41, 5.74) is 0.530. The van der Waals surface area contributed by atoms with Crippen molar-refractivity contribution in [1.29, 1.82) is 0 Å². The number of nitrogens with zero attached hydrogens (tertiary/aromatic N) is 3. The van der Waals surface area contributed by atoms with E-state index < -0.39 is 17.4 Å². The van der Waals surface area contributed by atoms with Crippen LogP contribution in [0.15, 0.2) is 41.3 Å². The molecule has 1 fully saturated rings. The van der Waals surface area contributed by atoms with Crippen LogP contribution < -0.4 is 20.5 Å². The third-order valence-electron chi connectivity index (χ3n) is 5.05. The zero-order valence-corrected chi connectivity index (χ0v) is 18.0. The van der Waals surface area contributed by atoms with Crippen molar-refractivity contribution in [2.24, 2.45) is 13.0 Å². The van der Waals surface area contributed by atoms with E-state index in [0.717, 1.165) is 0 Å². The monoisotopic (exact) mass is 426 g/mol.